The van der Waals surface area contributed by atoms with Crippen LogP contribution in [0.1, 0.15) is 40.5 Å². The molecule has 0 fully saturated rings. The molecule has 0 nitrogen and oxygen atoms in total. The van der Waals surface area contributed by atoms with Crippen LogP contribution in [0.15, 0.2) is 0 Å². The highest BCUT2D eigenvalue weighted by Gasteiger charge is 2.16. The van der Waals surface area contributed by atoms with Crippen molar-refractivity contribution in [2.75, 3.05) is 19.2 Å². The Balaban J connectivity index is 3.83. The zero-order chi connectivity index (χ0) is 10.4. The highest BCUT2D eigenvalue weighted by atomic mass is 31.2. The van der Waals surface area contributed by atoms with Crippen molar-refractivity contribution in [2.24, 2.45) is 0 Å². The van der Waals surface area contributed by atoms with E-state index in [1.165, 1.54) is 18.7 Å². The van der Waals surface area contributed by atoms with E-state index < -0.39 is 0 Å². The maximum Gasteiger partial charge on any atom is -0.0121 e. The summed E-state index contributed by atoms with van der Waals surface area (Å²) in [5.74, 6) is 1.54. The van der Waals surface area contributed by atoms with Gasteiger partial charge in [0.25, 0.3) is 0 Å². The third-order valence-corrected chi connectivity index (χ3v) is 10.4. The van der Waals surface area contributed by atoms with Crippen molar-refractivity contribution < 1.29 is 0 Å². The van der Waals surface area contributed by atoms with Crippen LogP contribution in [0.25, 0.3) is 0 Å². The highest BCUT2D eigenvalue weighted by Crippen LogP contribution is 2.53. The van der Waals surface area contributed by atoms with Gasteiger partial charge in [-0.15, -0.1) is 15.8 Å². The average molecular weight is 220 g/mol. The number of rotatable bonds is 6. The Morgan fingerprint density at radius 2 is 1.15 bits per heavy atom. The Bertz CT molecular complexity index is 111. The van der Waals surface area contributed by atoms with E-state index >= 15 is 0 Å². The van der Waals surface area contributed by atoms with Gasteiger partial charge in [0.2, 0.25) is 0 Å². The largest absolute Gasteiger partial charge is 0.103 e. The summed E-state index contributed by atoms with van der Waals surface area (Å²) in [6.45, 7) is 14.5. The van der Waals surface area contributed by atoms with Gasteiger partial charge in [-0.1, -0.05) is 27.7 Å². The molecular weight excluding hydrogens is 194 g/mol. The molecule has 0 aliphatic heterocycles. The van der Waals surface area contributed by atoms with E-state index in [0.29, 0.717) is 15.8 Å². The van der Waals surface area contributed by atoms with Gasteiger partial charge in [-0.05, 0) is 43.4 Å². The molecule has 13 heavy (non-hydrogen) atoms. The molecule has 0 aromatic heterocycles. The summed E-state index contributed by atoms with van der Waals surface area (Å²) < 4.78 is 0. The lowest BCUT2D eigenvalue weighted by molar-refractivity contribution is 0.887. The quantitative estimate of drug-likeness (QED) is 0.566. The molecule has 0 aliphatic rings. The fourth-order valence-corrected chi connectivity index (χ4v) is 7.55. The number of hydrogen-bond acceptors (Lipinski definition) is 0. The zero-order valence-electron chi connectivity index (χ0n) is 10.2. The molecule has 4 unspecified atom stereocenters. The van der Waals surface area contributed by atoms with Crippen LogP contribution in [0.2, 0.25) is 0 Å². The fraction of sp³-hybridized carbons (Fsp3) is 1.00. The van der Waals surface area contributed by atoms with Gasteiger partial charge in [-0.3, -0.25) is 0 Å². The minimum atomic E-state index is 0.309. The minimum absolute atomic E-state index is 0.309. The number of hydrogen-bond donors (Lipinski definition) is 0. The molecule has 0 aromatic carbocycles. The highest BCUT2D eigenvalue weighted by molar-refractivity contribution is 7.74. The fourth-order valence-electron chi connectivity index (χ4n) is 1.25. The van der Waals surface area contributed by atoms with E-state index in [1.54, 1.807) is 0 Å². The van der Waals surface area contributed by atoms with Crippen LogP contribution >= 0.6 is 15.8 Å². The molecule has 0 heterocycles. The summed E-state index contributed by atoms with van der Waals surface area (Å²) in [4.78, 5) is 0. The molecule has 0 saturated carbocycles. The molecule has 4 atom stereocenters. The average Bonchev–Trinajstić information content (AvgIpc) is 2.14. The van der Waals surface area contributed by atoms with Gasteiger partial charge in [0, 0.05) is 0 Å². The SMILES string of the molecule is CCC(C)P(C)CP(C)C(C)CC. The Morgan fingerprint density at radius 1 is 0.846 bits per heavy atom. The summed E-state index contributed by atoms with van der Waals surface area (Å²) >= 11 is 0. The van der Waals surface area contributed by atoms with Gasteiger partial charge in [-0.2, -0.15) is 0 Å². The van der Waals surface area contributed by atoms with E-state index in [1.807, 2.05) is 0 Å². The van der Waals surface area contributed by atoms with E-state index in [0.717, 1.165) is 11.3 Å². The first-order valence-corrected chi connectivity index (χ1v) is 9.52. The lowest BCUT2D eigenvalue weighted by atomic mass is 10.4. The summed E-state index contributed by atoms with van der Waals surface area (Å²) in [7, 11) is 0.619. The molecule has 80 valence electrons. The van der Waals surface area contributed by atoms with Crippen molar-refractivity contribution >= 4 is 15.8 Å². The van der Waals surface area contributed by atoms with Gasteiger partial charge < -0.3 is 0 Å². The predicted octanol–water partition coefficient (Wildman–Crippen LogP) is 4.76. The Hall–Kier alpha value is 0.860. The van der Waals surface area contributed by atoms with E-state index in [2.05, 4.69) is 41.0 Å². The maximum atomic E-state index is 2.49. The van der Waals surface area contributed by atoms with Crippen LogP contribution in [0, 0.1) is 0 Å². The van der Waals surface area contributed by atoms with E-state index in [9.17, 15) is 0 Å². The minimum Gasteiger partial charge on any atom is -0.103 e. The Morgan fingerprint density at radius 3 is 1.38 bits per heavy atom. The van der Waals surface area contributed by atoms with Crippen molar-refractivity contribution in [3.63, 3.8) is 0 Å². The molecule has 0 aromatic rings. The summed E-state index contributed by atoms with van der Waals surface area (Å²) in [6.07, 6.45) is 2.73. The standard InChI is InChI=1S/C11H26P2/c1-7-10(3)12(5)9-13(6)11(4)8-2/h10-11H,7-9H2,1-6H3. The second-order valence-corrected chi connectivity index (χ2v) is 10.1. The molecule has 0 saturated heterocycles. The maximum absolute atomic E-state index is 2.49. The van der Waals surface area contributed by atoms with Crippen LogP contribution in [-0.4, -0.2) is 30.6 Å². The van der Waals surface area contributed by atoms with E-state index in [-0.39, 0.29) is 0 Å². The van der Waals surface area contributed by atoms with Crippen LogP contribution < -0.4 is 0 Å². The first-order chi connectivity index (χ1) is 6.02. The third-order valence-electron chi connectivity index (χ3n) is 3.13. The normalized spacial score (nSPS) is 20.8. The van der Waals surface area contributed by atoms with Crippen molar-refractivity contribution in [3.8, 4) is 0 Å². The first kappa shape index (κ1) is 13.9. The van der Waals surface area contributed by atoms with Crippen molar-refractivity contribution in [3.05, 3.63) is 0 Å². The van der Waals surface area contributed by atoms with Crippen LogP contribution in [-0.2, 0) is 0 Å². The monoisotopic (exact) mass is 220 g/mol. The second kappa shape index (κ2) is 7.19. The lowest BCUT2D eigenvalue weighted by Crippen LogP contribution is -2.04. The third kappa shape index (κ3) is 5.34. The predicted molar refractivity (Wildman–Crippen MR) is 70.1 cm³/mol. The molecule has 0 amide bonds. The van der Waals surface area contributed by atoms with E-state index in [4.69, 9.17) is 0 Å². The molecule has 0 aliphatic carbocycles. The van der Waals surface area contributed by atoms with Gasteiger partial charge in [0.1, 0.15) is 0 Å². The van der Waals surface area contributed by atoms with Gasteiger partial charge in [0.05, 0.1) is 0 Å². The molecule has 0 spiro atoms. The van der Waals surface area contributed by atoms with Crippen LogP contribution in [0.5, 0.6) is 0 Å². The zero-order valence-corrected chi connectivity index (χ0v) is 12.0. The summed E-state index contributed by atoms with van der Waals surface area (Å²) in [6, 6.07) is 0. The molecule has 0 rings (SSSR count). The van der Waals surface area contributed by atoms with Gasteiger partial charge in [-0.25, -0.2) is 0 Å². The summed E-state index contributed by atoms with van der Waals surface area (Å²) in [5.41, 5.74) is 1.95. The second-order valence-electron chi connectivity index (χ2n) is 4.17. The van der Waals surface area contributed by atoms with Crippen molar-refractivity contribution in [2.45, 2.75) is 51.9 Å². The van der Waals surface area contributed by atoms with Crippen LogP contribution in [0.4, 0.5) is 0 Å². The van der Waals surface area contributed by atoms with Crippen molar-refractivity contribution in [1.29, 1.82) is 0 Å². The summed E-state index contributed by atoms with van der Waals surface area (Å²) in [5, 5.41) is 0. The lowest BCUT2D eigenvalue weighted by Gasteiger charge is -2.26. The smallest absolute Gasteiger partial charge is 0.0121 e. The van der Waals surface area contributed by atoms with Crippen LogP contribution in [0.3, 0.4) is 0 Å². The topological polar surface area (TPSA) is 0 Å². The van der Waals surface area contributed by atoms with Gasteiger partial charge in [0.15, 0.2) is 0 Å². The Labute approximate surface area is 87.4 Å². The molecule has 0 N–H and O–H groups in total. The molecule has 2 heteroatoms. The Kier molecular flexibility index (Phi) is 7.67. The molecular formula is C11H26P2. The molecule has 0 bridgehead atoms. The molecule has 0 radical (unpaired) electrons. The van der Waals surface area contributed by atoms with Crippen molar-refractivity contribution in [1.82, 2.24) is 0 Å². The first-order valence-electron chi connectivity index (χ1n) is 5.43. The van der Waals surface area contributed by atoms with Gasteiger partial charge >= 0.3 is 0 Å².